The number of hydrogen-bond acceptors (Lipinski definition) is 3. The van der Waals surface area contributed by atoms with E-state index in [-0.39, 0.29) is 17.8 Å². The first-order chi connectivity index (χ1) is 9.49. The van der Waals surface area contributed by atoms with Gasteiger partial charge in [0.1, 0.15) is 0 Å². The van der Waals surface area contributed by atoms with E-state index in [0.29, 0.717) is 18.7 Å². The molecule has 110 valence electrons. The Hall–Kier alpha value is -1.36. The number of carbonyl (C=O) groups excluding carboxylic acids is 2. The number of halogens is 1. The van der Waals surface area contributed by atoms with Crippen molar-refractivity contribution in [3.63, 3.8) is 0 Å². The second-order valence-electron chi connectivity index (χ2n) is 4.69. The molecule has 1 amide bonds. The van der Waals surface area contributed by atoms with E-state index in [9.17, 15) is 9.59 Å². The topological polar surface area (TPSA) is 46.6 Å². The van der Waals surface area contributed by atoms with Crippen LogP contribution in [0.3, 0.4) is 0 Å². The van der Waals surface area contributed by atoms with Crippen molar-refractivity contribution in [3.05, 3.63) is 34.3 Å². The zero-order chi connectivity index (χ0) is 15.1. The van der Waals surface area contributed by atoms with E-state index in [1.807, 2.05) is 19.1 Å². The summed E-state index contributed by atoms with van der Waals surface area (Å²) in [7, 11) is 1.36. The van der Waals surface area contributed by atoms with E-state index in [1.165, 1.54) is 7.11 Å². The van der Waals surface area contributed by atoms with Crippen molar-refractivity contribution in [2.24, 2.45) is 5.92 Å². The Morgan fingerprint density at radius 2 is 2.10 bits per heavy atom. The van der Waals surface area contributed by atoms with Gasteiger partial charge < -0.3 is 9.64 Å². The second kappa shape index (κ2) is 8.04. The van der Waals surface area contributed by atoms with Crippen molar-refractivity contribution >= 4 is 27.8 Å². The number of ether oxygens (including phenoxy) is 1. The maximum atomic E-state index is 12.5. The molecule has 20 heavy (non-hydrogen) atoms. The summed E-state index contributed by atoms with van der Waals surface area (Å²) in [6.45, 7) is 4.76. The molecule has 1 rings (SSSR count). The molecule has 0 radical (unpaired) electrons. The van der Waals surface area contributed by atoms with E-state index >= 15 is 0 Å². The smallest absolute Gasteiger partial charge is 0.310 e. The number of nitrogens with zero attached hydrogens (tertiary/aromatic N) is 1. The van der Waals surface area contributed by atoms with E-state index in [0.717, 1.165) is 10.9 Å². The average molecular weight is 342 g/mol. The Labute approximate surface area is 128 Å². The highest BCUT2D eigenvalue weighted by Gasteiger charge is 2.22. The normalized spacial score (nSPS) is 11.8. The van der Waals surface area contributed by atoms with Gasteiger partial charge in [-0.05, 0) is 24.6 Å². The predicted octanol–water partition coefficient (Wildman–Crippen LogP) is 3.11. The van der Waals surface area contributed by atoms with Gasteiger partial charge in [-0.2, -0.15) is 0 Å². The molecule has 0 aliphatic rings. The van der Waals surface area contributed by atoms with E-state index in [1.54, 1.807) is 24.0 Å². The lowest BCUT2D eigenvalue weighted by molar-refractivity contribution is -0.145. The van der Waals surface area contributed by atoms with Crippen LogP contribution in [0.15, 0.2) is 28.7 Å². The van der Waals surface area contributed by atoms with E-state index in [4.69, 9.17) is 4.74 Å². The molecule has 4 nitrogen and oxygen atoms in total. The van der Waals surface area contributed by atoms with Gasteiger partial charge >= 0.3 is 5.97 Å². The summed E-state index contributed by atoms with van der Waals surface area (Å²) in [5.74, 6) is -0.695. The average Bonchev–Trinajstić information content (AvgIpc) is 2.45. The molecule has 0 heterocycles. The molecular weight excluding hydrogens is 322 g/mol. The zero-order valence-corrected chi connectivity index (χ0v) is 13.6. The van der Waals surface area contributed by atoms with Crippen molar-refractivity contribution in [2.45, 2.75) is 20.3 Å². The van der Waals surface area contributed by atoms with Crippen molar-refractivity contribution < 1.29 is 14.3 Å². The number of esters is 1. The van der Waals surface area contributed by atoms with Gasteiger partial charge in [0.2, 0.25) is 0 Å². The third-order valence-electron chi connectivity index (χ3n) is 2.95. The first-order valence-corrected chi connectivity index (χ1v) is 7.41. The summed E-state index contributed by atoms with van der Waals surface area (Å²) in [6, 6.07) is 7.26. The molecule has 0 saturated heterocycles. The lowest BCUT2D eigenvalue weighted by Crippen LogP contribution is -2.37. The molecule has 0 aromatic heterocycles. The molecule has 1 aromatic carbocycles. The van der Waals surface area contributed by atoms with Gasteiger partial charge in [0.25, 0.3) is 5.91 Å². The minimum absolute atomic E-state index is 0.0658. The Balaban J connectivity index is 2.84. The molecule has 0 saturated carbocycles. The summed E-state index contributed by atoms with van der Waals surface area (Å²) in [4.78, 5) is 25.7. The van der Waals surface area contributed by atoms with Crippen LogP contribution >= 0.6 is 15.9 Å². The van der Waals surface area contributed by atoms with Crippen LogP contribution in [-0.2, 0) is 9.53 Å². The lowest BCUT2D eigenvalue weighted by atomic mass is 10.1. The number of amides is 1. The largest absolute Gasteiger partial charge is 0.469 e. The lowest BCUT2D eigenvalue weighted by Gasteiger charge is -2.24. The number of carbonyl (C=O) groups is 2. The standard InChI is InChI=1S/C15H20BrNO3/c1-4-8-17(10-11(2)15(19)20-3)14(18)12-6-5-7-13(16)9-12/h5-7,9,11H,4,8,10H2,1-3H3. The van der Waals surface area contributed by atoms with Crippen LogP contribution in [0, 0.1) is 5.92 Å². The Morgan fingerprint density at radius 1 is 1.40 bits per heavy atom. The van der Waals surface area contributed by atoms with E-state index in [2.05, 4.69) is 15.9 Å². The molecule has 0 bridgehead atoms. The third-order valence-corrected chi connectivity index (χ3v) is 3.44. The Bertz CT molecular complexity index is 476. The van der Waals surface area contributed by atoms with Crippen LogP contribution in [0.2, 0.25) is 0 Å². The number of methoxy groups -OCH3 is 1. The SMILES string of the molecule is CCCN(CC(C)C(=O)OC)C(=O)c1cccc(Br)c1. The van der Waals surface area contributed by atoms with Crippen LogP contribution in [0.25, 0.3) is 0 Å². The van der Waals surface area contributed by atoms with E-state index < -0.39 is 0 Å². The predicted molar refractivity (Wildman–Crippen MR) is 81.5 cm³/mol. The summed E-state index contributed by atoms with van der Waals surface area (Å²) < 4.78 is 5.57. The van der Waals surface area contributed by atoms with Crippen LogP contribution in [0.5, 0.6) is 0 Å². The molecule has 0 aliphatic heterocycles. The number of benzene rings is 1. The highest BCUT2D eigenvalue weighted by atomic mass is 79.9. The van der Waals surface area contributed by atoms with Gasteiger partial charge in [-0.1, -0.05) is 35.8 Å². The zero-order valence-electron chi connectivity index (χ0n) is 12.1. The summed E-state index contributed by atoms with van der Waals surface area (Å²) in [5, 5.41) is 0. The summed E-state index contributed by atoms with van der Waals surface area (Å²) >= 11 is 3.36. The molecule has 5 heteroatoms. The fourth-order valence-electron chi connectivity index (χ4n) is 1.96. The van der Waals surface area contributed by atoms with Gasteiger partial charge in [0.05, 0.1) is 13.0 Å². The molecule has 0 spiro atoms. The Kier molecular flexibility index (Phi) is 6.71. The maximum Gasteiger partial charge on any atom is 0.310 e. The molecular formula is C15H20BrNO3. The maximum absolute atomic E-state index is 12.5. The quantitative estimate of drug-likeness (QED) is 0.747. The van der Waals surface area contributed by atoms with Crippen LogP contribution in [-0.4, -0.2) is 37.0 Å². The van der Waals surface area contributed by atoms with Crippen molar-refractivity contribution in [1.29, 1.82) is 0 Å². The second-order valence-corrected chi connectivity index (χ2v) is 5.60. The molecule has 0 N–H and O–H groups in total. The molecule has 0 aliphatic carbocycles. The monoisotopic (exact) mass is 341 g/mol. The fraction of sp³-hybridized carbons (Fsp3) is 0.467. The van der Waals surface area contributed by atoms with Crippen LogP contribution < -0.4 is 0 Å². The highest BCUT2D eigenvalue weighted by molar-refractivity contribution is 9.10. The highest BCUT2D eigenvalue weighted by Crippen LogP contribution is 2.15. The number of rotatable bonds is 6. The molecule has 1 aromatic rings. The van der Waals surface area contributed by atoms with Gasteiger partial charge in [-0.15, -0.1) is 0 Å². The minimum Gasteiger partial charge on any atom is -0.469 e. The first-order valence-electron chi connectivity index (χ1n) is 6.62. The summed E-state index contributed by atoms with van der Waals surface area (Å²) in [6.07, 6.45) is 0.841. The summed E-state index contributed by atoms with van der Waals surface area (Å²) in [5.41, 5.74) is 0.616. The fourth-order valence-corrected chi connectivity index (χ4v) is 2.36. The van der Waals surface area contributed by atoms with Gasteiger partial charge in [-0.3, -0.25) is 9.59 Å². The van der Waals surface area contributed by atoms with Crippen molar-refractivity contribution in [1.82, 2.24) is 4.90 Å². The van der Waals surface area contributed by atoms with Gasteiger partial charge in [0.15, 0.2) is 0 Å². The molecule has 0 fully saturated rings. The first kappa shape index (κ1) is 16.7. The molecule has 1 unspecified atom stereocenters. The minimum atomic E-state index is -0.331. The van der Waals surface area contributed by atoms with Crippen LogP contribution in [0.1, 0.15) is 30.6 Å². The Morgan fingerprint density at radius 3 is 2.65 bits per heavy atom. The van der Waals surface area contributed by atoms with Gasteiger partial charge in [-0.25, -0.2) is 0 Å². The van der Waals surface area contributed by atoms with Gasteiger partial charge in [0, 0.05) is 23.1 Å². The van der Waals surface area contributed by atoms with Crippen molar-refractivity contribution in [2.75, 3.05) is 20.2 Å². The van der Waals surface area contributed by atoms with Crippen LogP contribution in [0.4, 0.5) is 0 Å². The third kappa shape index (κ3) is 4.63. The molecule has 1 atom stereocenters. The van der Waals surface area contributed by atoms with Crippen molar-refractivity contribution in [3.8, 4) is 0 Å². The number of hydrogen-bond donors (Lipinski definition) is 0.